The van der Waals surface area contributed by atoms with Gasteiger partial charge in [0.25, 0.3) is 0 Å². The SMILES string of the molecule is C=Cc1cc2c(cc1Cl)c(=O)c1ccc(Cl)c(N(C)C)c1n2CC(=O)O. The van der Waals surface area contributed by atoms with Crippen LogP contribution in [0.3, 0.4) is 0 Å². The number of hydrogen-bond donors (Lipinski definition) is 1. The number of nitrogens with zero attached hydrogens (tertiary/aromatic N) is 2. The molecular weight excluding hydrogens is 375 g/mol. The van der Waals surface area contributed by atoms with E-state index < -0.39 is 5.97 Å². The Bertz CT molecular complexity index is 1130. The van der Waals surface area contributed by atoms with Crippen molar-refractivity contribution in [1.29, 1.82) is 0 Å². The summed E-state index contributed by atoms with van der Waals surface area (Å²) in [4.78, 5) is 26.4. The monoisotopic (exact) mass is 390 g/mol. The van der Waals surface area contributed by atoms with Gasteiger partial charge in [0.2, 0.25) is 0 Å². The molecule has 134 valence electrons. The maximum atomic E-state index is 13.1. The van der Waals surface area contributed by atoms with E-state index in [0.717, 1.165) is 0 Å². The van der Waals surface area contributed by atoms with Gasteiger partial charge in [0.1, 0.15) is 6.54 Å². The Morgan fingerprint density at radius 2 is 1.92 bits per heavy atom. The average Bonchev–Trinajstić information content (AvgIpc) is 2.57. The second-order valence-corrected chi connectivity index (χ2v) is 6.90. The number of aromatic nitrogens is 1. The summed E-state index contributed by atoms with van der Waals surface area (Å²) in [6.07, 6.45) is 1.56. The molecule has 26 heavy (non-hydrogen) atoms. The van der Waals surface area contributed by atoms with Crippen molar-refractivity contribution in [3.05, 3.63) is 56.7 Å². The van der Waals surface area contributed by atoms with Crippen LogP contribution >= 0.6 is 23.2 Å². The van der Waals surface area contributed by atoms with Gasteiger partial charge < -0.3 is 14.6 Å². The molecule has 3 rings (SSSR count). The van der Waals surface area contributed by atoms with Crippen LogP contribution in [0.4, 0.5) is 5.69 Å². The van der Waals surface area contributed by atoms with Crippen LogP contribution in [-0.2, 0) is 11.3 Å². The van der Waals surface area contributed by atoms with Crippen molar-refractivity contribution in [1.82, 2.24) is 4.57 Å². The minimum Gasteiger partial charge on any atom is -0.480 e. The van der Waals surface area contributed by atoms with Crippen LogP contribution in [0.25, 0.3) is 27.9 Å². The second kappa shape index (κ2) is 6.67. The number of carboxylic acid groups (broad SMARTS) is 1. The zero-order valence-electron chi connectivity index (χ0n) is 14.2. The predicted molar refractivity (Wildman–Crippen MR) is 108 cm³/mol. The molecule has 0 saturated heterocycles. The molecule has 1 N–H and O–H groups in total. The Labute approximate surface area is 159 Å². The van der Waals surface area contributed by atoms with Crippen molar-refractivity contribution in [3.8, 4) is 0 Å². The van der Waals surface area contributed by atoms with Crippen molar-refractivity contribution >= 4 is 62.7 Å². The van der Waals surface area contributed by atoms with E-state index in [4.69, 9.17) is 23.2 Å². The highest BCUT2D eigenvalue weighted by Crippen LogP contribution is 2.35. The van der Waals surface area contributed by atoms with E-state index >= 15 is 0 Å². The van der Waals surface area contributed by atoms with Gasteiger partial charge in [-0.3, -0.25) is 9.59 Å². The van der Waals surface area contributed by atoms with E-state index in [1.54, 1.807) is 53.9 Å². The molecule has 0 spiro atoms. The quantitative estimate of drug-likeness (QED) is 0.676. The van der Waals surface area contributed by atoms with Gasteiger partial charge in [-0.2, -0.15) is 0 Å². The van der Waals surface area contributed by atoms with Gasteiger partial charge in [0, 0.05) is 29.9 Å². The zero-order valence-corrected chi connectivity index (χ0v) is 15.7. The lowest BCUT2D eigenvalue weighted by Gasteiger charge is -2.22. The average molecular weight is 391 g/mol. The first-order chi connectivity index (χ1) is 12.3. The fourth-order valence-electron chi connectivity index (χ4n) is 3.14. The van der Waals surface area contributed by atoms with E-state index in [2.05, 4.69) is 6.58 Å². The van der Waals surface area contributed by atoms with Crippen LogP contribution in [0.1, 0.15) is 5.56 Å². The van der Waals surface area contributed by atoms with Crippen LogP contribution in [-0.4, -0.2) is 29.7 Å². The molecule has 0 aliphatic carbocycles. The standard InChI is InChI=1S/C19H16Cl2N2O3/c1-4-10-7-15-12(8-14(10)21)19(26)11-5-6-13(20)18(22(2)3)17(11)23(15)9-16(24)25/h4-8H,1,9H2,2-3H3,(H,24,25). The zero-order chi connectivity index (χ0) is 19.2. The first-order valence-electron chi connectivity index (χ1n) is 7.76. The van der Waals surface area contributed by atoms with Gasteiger partial charge in [-0.05, 0) is 29.8 Å². The summed E-state index contributed by atoms with van der Waals surface area (Å²) >= 11 is 12.6. The summed E-state index contributed by atoms with van der Waals surface area (Å²) < 4.78 is 1.58. The van der Waals surface area contributed by atoms with Gasteiger partial charge in [-0.15, -0.1) is 0 Å². The van der Waals surface area contributed by atoms with E-state index in [-0.39, 0.29) is 12.0 Å². The molecule has 1 heterocycles. The fraction of sp³-hybridized carbons (Fsp3) is 0.158. The number of pyridine rings is 1. The molecule has 7 heteroatoms. The van der Waals surface area contributed by atoms with Gasteiger partial charge in [0.05, 0.1) is 21.7 Å². The molecule has 0 fully saturated rings. The van der Waals surface area contributed by atoms with Crippen molar-refractivity contribution < 1.29 is 9.90 Å². The predicted octanol–water partition coefficient (Wildman–Crippen LogP) is 4.26. The Kier molecular flexibility index (Phi) is 4.69. The molecule has 0 aliphatic rings. The highest BCUT2D eigenvalue weighted by atomic mass is 35.5. The summed E-state index contributed by atoms with van der Waals surface area (Å²) in [5, 5.41) is 11.0. The molecule has 0 aliphatic heterocycles. The van der Waals surface area contributed by atoms with Crippen LogP contribution in [0.2, 0.25) is 10.0 Å². The summed E-state index contributed by atoms with van der Waals surface area (Å²) in [6.45, 7) is 3.39. The van der Waals surface area contributed by atoms with E-state index in [1.807, 2.05) is 0 Å². The maximum absolute atomic E-state index is 13.1. The summed E-state index contributed by atoms with van der Waals surface area (Å²) in [7, 11) is 3.58. The van der Waals surface area contributed by atoms with Crippen molar-refractivity contribution in [3.63, 3.8) is 0 Å². The molecule has 3 aromatic rings. The third-order valence-electron chi connectivity index (χ3n) is 4.23. The molecular formula is C19H16Cl2N2O3. The Morgan fingerprint density at radius 3 is 2.50 bits per heavy atom. The topological polar surface area (TPSA) is 62.5 Å². The maximum Gasteiger partial charge on any atom is 0.323 e. The van der Waals surface area contributed by atoms with Crippen LogP contribution in [0.15, 0.2) is 35.6 Å². The lowest BCUT2D eigenvalue weighted by Crippen LogP contribution is -2.20. The normalized spacial score (nSPS) is 11.1. The van der Waals surface area contributed by atoms with Gasteiger partial charge in [-0.25, -0.2) is 0 Å². The molecule has 0 saturated carbocycles. The van der Waals surface area contributed by atoms with Crippen molar-refractivity contribution in [2.75, 3.05) is 19.0 Å². The van der Waals surface area contributed by atoms with E-state index in [0.29, 0.717) is 43.1 Å². The number of aliphatic carboxylic acids is 1. The largest absolute Gasteiger partial charge is 0.480 e. The lowest BCUT2D eigenvalue weighted by molar-refractivity contribution is -0.137. The van der Waals surface area contributed by atoms with Crippen LogP contribution in [0, 0.1) is 0 Å². The van der Waals surface area contributed by atoms with Gasteiger partial charge in [0.15, 0.2) is 5.43 Å². The molecule has 0 radical (unpaired) electrons. The lowest BCUT2D eigenvalue weighted by atomic mass is 10.1. The van der Waals surface area contributed by atoms with Crippen molar-refractivity contribution in [2.24, 2.45) is 0 Å². The molecule has 0 atom stereocenters. The number of carboxylic acids is 1. The number of carbonyl (C=O) groups is 1. The first-order valence-corrected chi connectivity index (χ1v) is 8.51. The molecule has 0 unspecified atom stereocenters. The molecule has 1 aromatic heterocycles. The number of fused-ring (bicyclic) bond motifs is 2. The summed E-state index contributed by atoms with van der Waals surface area (Å²) in [6, 6.07) is 6.48. The summed E-state index contributed by atoms with van der Waals surface area (Å²) in [5.74, 6) is -1.03. The van der Waals surface area contributed by atoms with Crippen LogP contribution < -0.4 is 10.3 Å². The second-order valence-electron chi connectivity index (χ2n) is 6.09. The summed E-state index contributed by atoms with van der Waals surface area (Å²) in [5.41, 5.74) is 1.91. The smallest absolute Gasteiger partial charge is 0.323 e. The minimum atomic E-state index is -1.03. The first kappa shape index (κ1) is 18.3. The third-order valence-corrected chi connectivity index (χ3v) is 4.86. The number of rotatable bonds is 4. The van der Waals surface area contributed by atoms with E-state index in [9.17, 15) is 14.7 Å². The molecule has 2 aromatic carbocycles. The van der Waals surface area contributed by atoms with E-state index in [1.165, 1.54) is 0 Å². The highest BCUT2D eigenvalue weighted by Gasteiger charge is 2.19. The van der Waals surface area contributed by atoms with Crippen LogP contribution in [0.5, 0.6) is 0 Å². The number of anilines is 1. The Hall–Kier alpha value is -2.50. The Morgan fingerprint density at radius 1 is 1.23 bits per heavy atom. The number of benzene rings is 2. The van der Waals surface area contributed by atoms with Gasteiger partial charge >= 0.3 is 5.97 Å². The third kappa shape index (κ3) is 2.83. The molecule has 0 amide bonds. The highest BCUT2D eigenvalue weighted by molar-refractivity contribution is 6.35. The minimum absolute atomic E-state index is 0.228. The molecule has 5 nitrogen and oxygen atoms in total. The molecule has 0 bridgehead atoms. The van der Waals surface area contributed by atoms with Crippen molar-refractivity contribution in [2.45, 2.75) is 6.54 Å². The fourth-order valence-corrected chi connectivity index (χ4v) is 3.70. The number of halogens is 2. The Balaban J connectivity index is 2.67. The van der Waals surface area contributed by atoms with Gasteiger partial charge in [-0.1, -0.05) is 35.9 Å². The number of hydrogen-bond acceptors (Lipinski definition) is 3.